The fourth-order valence-corrected chi connectivity index (χ4v) is 4.57. The van der Waals surface area contributed by atoms with E-state index in [1.54, 1.807) is 0 Å². The van der Waals surface area contributed by atoms with Crippen LogP contribution >= 0.6 is 0 Å². The Kier molecular flexibility index (Phi) is 2.89. The van der Waals surface area contributed by atoms with Crippen LogP contribution in [-0.4, -0.2) is 13.2 Å². The van der Waals surface area contributed by atoms with Crippen molar-refractivity contribution in [2.24, 2.45) is 5.41 Å². The molecule has 2 saturated carbocycles. The topological polar surface area (TPSA) is 42.2 Å². The van der Waals surface area contributed by atoms with Gasteiger partial charge in [0.2, 0.25) is 0 Å². The number of nitriles is 1. The molecule has 1 aliphatic heterocycles. The molecule has 1 aromatic carbocycles. The van der Waals surface area contributed by atoms with Crippen LogP contribution in [-0.2, 0) is 5.41 Å². The molecule has 3 aliphatic rings. The van der Waals surface area contributed by atoms with Crippen LogP contribution in [0.4, 0.5) is 0 Å². The Morgan fingerprint density at radius 3 is 2.38 bits per heavy atom. The summed E-state index contributed by atoms with van der Waals surface area (Å²) in [7, 11) is 0. The van der Waals surface area contributed by atoms with Crippen LogP contribution in [0.15, 0.2) is 18.2 Å². The van der Waals surface area contributed by atoms with Gasteiger partial charge in [0, 0.05) is 0 Å². The van der Waals surface area contributed by atoms with E-state index in [1.807, 2.05) is 12.1 Å². The molecule has 0 amide bonds. The number of benzene rings is 1. The van der Waals surface area contributed by atoms with Crippen LogP contribution < -0.4 is 9.47 Å². The number of fused-ring (bicyclic) bond motifs is 1. The van der Waals surface area contributed by atoms with Gasteiger partial charge in [-0.05, 0) is 48.8 Å². The summed E-state index contributed by atoms with van der Waals surface area (Å²) in [6, 6.07) is 8.68. The van der Waals surface area contributed by atoms with Gasteiger partial charge in [0.15, 0.2) is 11.5 Å². The summed E-state index contributed by atoms with van der Waals surface area (Å²) in [4.78, 5) is 0. The van der Waals surface area contributed by atoms with Gasteiger partial charge in [-0.3, -0.25) is 0 Å². The summed E-state index contributed by atoms with van der Waals surface area (Å²) in [6.45, 7) is 1.21. The van der Waals surface area contributed by atoms with Gasteiger partial charge in [0.05, 0.1) is 11.5 Å². The molecule has 0 bridgehead atoms. The predicted octanol–water partition coefficient (Wildman–Crippen LogP) is 3.96. The van der Waals surface area contributed by atoms with E-state index in [0.717, 1.165) is 29.9 Å². The predicted molar refractivity (Wildman–Crippen MR) is 79.5 cm³/mol. The number of rotatable bonds is 1. The summed E-state index contributed by atoms with van der Waals surface area (Å²) in [5.74, 6) is 1.61. The zero-order valence-corrected chi connectivity index (χ0v) is 12.4. The van der Waals surface area contributed by atoms with Crippen LogP contribution in [0, 0.1) is 16.7 Å². The van der Waals surface area contributed by atoms with Crippen molar-refractivity contribution in [3.63, 3.8) is 0 Å². The third-order valence-electron chi connectivity index (χ3n) is 5.58. The third kappa shape index (κ3) is 2.00. The van der Waals surface area contributed by atoms with Crippen molar-refractivity contribution in [1.82, 2.24) is 0 Å². The van der Waals surface area contributed by atoms with Gasteiger partial charge in [-0.15, -0.1) is 0 Å². The molecule has 0 N–H and O–H groups in total. The molecular weight excluding hydrogens is 262 g/mol. The number of ether oxygens (including phenoxy) is 2. The lowest BCUT2D eigenvalue weighted by Crippen LogP contribution is -2.49. The summed E-state index contributed by atoms with van der Waals surface area (Å²) >= 11 is 0. The first-order valence-corrected chi connectivity index (χ1v) is 8.07. The molecule has 2 aliphatic carbocycles. The zero-order valence-electron chi connectivity index (χ0n) is 12.4. The van der Waals surface area contributed by atoms with E-state index >= 15 is 0 Å². The van der Waals surface area contributed by atoms with Gasteiger partial charge in [0.1, 0.15) is 13.2 Å². The third-order valence-corrected chi connectivity index (χ3v) is 5.58. The molecular formula is C18H21NO2. The Hall–Kier alpha value is -1.69. The fraction of sp³-hybridized carbons (Fsp3) is 0.611. The maximum Gasteiger partial charge on any atom is 0.161 e. The summed E-state index contributed by atoms with van der Waals surface area (Å²) < 4.78 is 11.3. The average molecular weight is 283 g/mol. The smallest absolute Gasteiger partial charge is 0.161 e. The van der Waals surface area contributed by atoms with E-state index < -0.39 is 0 Å². The summed E-state index contributed by atoms with van der Waals surface area (Å²) in [6.07, 6.45) is 8.70. The minimum atomic E-state index is -0.298. The number of hydrogen-bond donors (Lipinski definition) is 0. The van der Waals surface area contributed by atoms with Crippen molar-refractivity contribution in [2.75, 3.05) is 13.2 Å². The molecule has 0 unspecified atom stereocenters. The molecule has 3 heteroatoms. The first kappa shape index (κ1) is 13.0. The lowest BCUT2D eigenvalue weighted by molar-refractivity contribution is 0.0166. The minimum Gasteiger partial charge on any atom is -0.486 e. The highest BCUT2D eigenvalue weighted by molar-refractivity contribution is 5.49. The second-order valence-corrected chi connectivity index (χ2v) is 6.97. The van der Waals surface area contributed by atoms with Gasteiger partial charge >= 0.3 is 0 Å². The quantitative estimate of drug-likeness (QED) is 0.783. The highest BCUT2D eigenvalue weighted by Gasteiger charge is 2.55. The van der Waals surface area contributed by atoms with E-state index in [1.165, 1.54) is 32.1 Å². The Labute approximate surface area is 125 Å². The number of nitrogens with zero attached hydrogens (tertiary/aromatic N) is 1. The molecule has 0 saturated heterocycles. The van der Waals surface area contributed by atoms with Crippen LogP contribution in [0.5, 0.6) is 11.5 Å². The van der Waals surface area contributed by atoms with Gasteiger partial charge in [-0.1, -0.05) is 25.3 Å². The molecule has 21 heavy (non-hydrogen) atoms. The molecule has 0 radical (unpaired) electrons. The van der Waals surface area contributed by atoms with Gasteiger partial charge in [0.25, 0.3) is 0 Å². The Bertz CT molecular complexity index is 588. The Morgan fingerprint density at radius 2 is 1.67 bits per heavy atom. The first-order chi connectivity index (χ1) is 10.3. The SMILES string of the molecule is N#CC1(c2ccc3c(c2)OCCO3)CC2(CCCCC2)C1. The molecule has 1 spiro atoms. The molecule has 0 aromatic heterocycles. The Morgan fingerprint density at radius 1 is 0.952 bits per heavy atom. The van der Waals surface area contributed by atoms with E-state index in [4.69, 9.17) is 9.47 Å². The van der Waals surface area contributed by atoms with E-state index in [2.05, 4.69) is 12.1 Å². The molecule has 3 nitrogen and oxygen atoms in total. The van der Waals surface area contributed by atoms with Gasteiger partial charge in [-0.2, -0.15) is 5.26 Å². The molecule has 4 rings (SSSR count). The maximum absolute atomic E-state index is 9.79. The van der Waals surface area contributed by atoms with Crippen molar-refractivity contribution >= 4 is 0 Å². The fourth-order valence-electron chi connectivity index (χ4n) is 4.57. The van der Waals surface area contributed by atoms with Crippen LogP contribution in [0.1, 0.15) is 50.5 Å². The Balaban J connectivity index is 1.61. The second-order valence-electron chi connectivity index (χ2n) is 6.97. The summed E-state index contributed by atoms with van der Waals surface area (Å²) in [5.41, 5.74) is 1.26. The van der Waals surface area contributed by atoms with E-state index in [9.17, 15) is 5.26 Å². The minimum absolute atomic E-state index is 0.298. The van der Waals surface area contributed by atoms with Gasteiger partial charge < -0.3 is 9.47 Å². The maximum atomic E-state index is 9.79. The highest BCUT2D eigenvalue weighted by atomic mass is 16.6. The summed E-state index contributed by atoms with van der Waals surface area (Å²) in [5, 5.41) is 9.79. The zero-order chi connectivity index (χ0) is 14.3. The van der Waals surface area contributed by atoms with E-state index in [0.29, 0.717) is 18.6 Å². The molecule has 2 fully saturated rings. The average Bonchev–Trinajstić information content (AvgIpc) is 2.52. The highest BCUT2D eigenvalue weighted by Crippen LogP contribution is 2.62. The van der Waals surface area contributed by atoms with Crippen molar-refractivity contribution in [3.8, 4) is 17.6 Å². The monoisotopic (exact) mass is 283 g/mol. The molecule has 1 heterocycles. The normalized spacial score (nSPS) is 24.9. The van der Waals surface area contributed by atoms with Crippen LogP contribution in [0.2, 0.25) is 0 Å². The lowest BCUT2D eigenvalue weighted by Gasteiger charge is -2.55. The van der Waals surface area contributed by atoms with Crippen molar-refractivity contribution in [3.05, 3.63) is 23.8 Å². The van der Waals surface area contributed by atoms with Crippen molar-refractivity contribution in [2.45, 2.75) is 50.4 Å². The van der Waals surface area contributed by atoms with Crippen LogP contribution in [0.3, 0.4) is 0 Å². The lowest BCUT2D eigenvalue weighted by atomic mass is 9.47. The van der Waals surface area contributed by atoms with Crippen molar-refractivity contribution in [1.29, 1.82) is 5.26 Å². The van der Waals surface area contributed by atoms with Crippen LogP contribution in [0.25, 0.3) is 0 Å². The largest absolute Gasteiger partial charge is 0.486 e. The first-order valence-electron chi connectivity index (χ1n) is 8.07. The second kappa shape index (κ2) is 4.66. The number of hydrogen-bond acceptors (Lipinski definition) is 3. The molecule has 110 valence electrons. The van der Waals surface area contributed by atoms with E-state index in [-0.39, 0.29) is 5.41 Å². The molecule has 1 aromatic rings. The standard InChI is InChI=1S/C18H21NO2/c19-13-18(11-17(12-18)6-2-1-3-7-17)14-4-5-15-16(10-14)21-9-8-20-15/h4-5,10H,1-3,6-9,11-12H2. The van der Waals surface area contributed by atoms with Gasteiger partial charge in [-0.25, -0.2) is 0 Å². The molecule has 0 atom stereocenters. The van der Waals surface area contributed by atoms with Crippen molar-refractivity contribution < 1.29 is 9.47 Å².